The lowest BCUT2D eigenvalue weighted by atomic mass is 9.96. The summed E-state index contributed by atoms with van der Waals surface area (Å²) in [7, 11) is 0. The van der Waals surface area contributed by atoms with Gasteiger partial charge in [-0.3, -0.25) is 5.32 Å². The van der Waals surface area contributed by atoms with Crippen LogP contribution < -0.4 is 10.6 Å². The minimum atomic E-state index is -0.154. The van der Waals surface area contributed by atoms with Crippen molar-refractivity contribution in [3.05, 3.63) is 5.01 Å². The molecule has 6 heteroatoms. The van der Waals surface area contributed by atoms with Crippen molar-refractivity contribution < 1.29 is 4.79 Å². The molecule has 5 nitrogen and oxygen atoms in total. The van der Waals surface area contributed by atoms with Crippen molar-refractivity contribution in [3.8, 4) is 0 Å². The highest BCUT2D eigenvalue weighted by Crippen LogP contribution is 2.19. The molecule has 19 heavy (non-hydrogen) atoms. The van der Waals surface area contributed by atoms with Gasteiger partial charge in [0.05, 0.1) is 0 Å². The molecule has 106 valence electrons. The van der Waals surface area contributed by atoms with E-state index < -0.39 is 0 Å². The molecule has 0 aliphatic heterocycles. The van der Waals surface area contributed by atoms with Crippen LogP contribution in [0.25, 0.3) is 0 Å². The fourth-order valence-electron chi connectivity index (χ4n) is 2.30. The van der Waals surface area contributed by atoms with Gasteiger partial charge >= 0.3 is 6.03 Å². The summed E-state index contributed by atoms with van der Waals surface area (Å²) in [4.78, 5) is 11.8. The van der Waals surface area contributed by atoms with Crippen LogP contribution in [0.2, 0.25) is 0 Å². The minimum Gasteiger partial charge on any atom is -0.335 e. The topological polar surface area (TPSA) is 66.9 Å². The molecule has 1 aliphatic rings. The van der Waals surface area contributed by atoms with Crippen molar-refractivity contribution in [3.63, 3.8) is 0 Å². The highest BCUT2D eigenvalue weighted by atomic mass is 32.1. The molecule has 0 spiro atoms. The number of anilines is 1. The Bertz CT molecular complexity index is 413. The molecule has 0 saturated heterocycles. The maximum Gasteiger partial charge on any atom is 0.321 e. The van der Waals surface area contributed by atoms with E-state index in [1.165, 1.54) is 30.6 Å². The molecule has 1 aromatic rings. The van der Waals surface area contributed by atoms with E-state index in [4.69, 9.17) is 0 Å². The maximum absolute atomic E-state index is 11.8. The molecule has 0 bridgehead atoms. The third-order valence-electron chi connectivity index (χ3n) is 3.21. The van der Waals surface area contributed by atoms with Gasteiger partial charge in [0.15, 0.2) is 0 Å². The Kier molecular flexibility index (Phi) is 5.13. The van der Waals surface area contributed by atoms with Crippen molar-refractivity contribution in [2.75, 3.05) is 5.32 Å². The number of nitrogens with one attached hydrogen (secondary N) is 2. The molecule has 1 heterocycles. The molecule has 1 fully saturated rings. The fourth-order valence-corrected chi connectivity index (χ4v) is 3.25. The lowest BCUT2D eigenvalue weighted by Gasteiger charge is -2.22. The van der Waals surface area contributed by atoms with Gasteiger partial charge in [0.25, 0.3) is 0 Å². The normalized spacial score (nSPS) is 16.6. The summed E-state index contributed by atoms with van der Waals surface area (Å²) in [6.07, 6.45) is 6.78. The Morgan fingerprint density at radius 1 is 1.32 bits per heavy atom. The number of carbonyl (C=O) groups excluding carboxylic acids is 1. The van der Waals surface area contributed by atoms with Crippen LogP contribution in [0, 0.1) is 5.92 Å². The van der Waals surface area contributed by atoms with Crippen molar-refractivity contribution in [1.82, 2.24) is 15.5 Å². The second-order valence-electron chi connectivity index (χ2n) is 5.53. The number of hydrogen-bond donors (Lipinski definition) is 2. The quantitative estimate of drug-likeness (QED) is 0.891. The zero-order valence-electron chi connectivity index (χ0n) is 11.6. The Hall–Kier alpha value is -1.17. The summed E-state index contributed by atoms with van der Waals surface area (Å²) in [5.74, 6) is 0.553. The number of aromatic nitrogens is 2. The van der Waals surface area contributed by atoms with Crippen LogP contribution in [0.3, 0.4) is 0 Å². The highest BCUT2D eigenvalue weighted by Gasteiger charge is 2.16. The number of hydrogen-bond acceptors (Lipinski definition) is 4. The van der Waals surface area contributed by atoms with Gasteiger partial charge in [0, 0.05) is 12.5 Å². The Morgan fingerprint density at radius 3 is 2.74 bits per heavy atom. The Morgan fingerprint density at radius 2 is 2.05 bits per heavy atom. The first-order chi connectivity index (χ1) is 9.13. The van der Waals surface area contributed by atoms with E-state index in [2.05, 4.69) is 34.7 Å². The molecular weight excluding hydrogens is 260 g/mol. The van der Waals surface area contributed by atoms with Gasteiger partial charge in [0.2, 0.25) is 5.13 Å². The molecule has 0 unspecified atom stereocenters. The second-order valence-corrected chi connectivity index (χ2v) is 6.59. The molecule has 1 aromatic heterocycles. The molecule has 2 rings (SSSR count). The number of rotatable bonds is 4. The molecule has 0 radical (unpaired) electrons. The molecule has 2 N–H and O–H groups in total. The molecule has 0 atom stereocenters. The summed E-state index contributed by atoms with van der Waals surface area (Å²) < 4.78 is 0. The van der Waals surface area contributed by atoms with Crippen LogP contribution in [-0.4, -0.2) is 22.3 Å². The first-order valence-corrected chi connectivity index (χ1v) is 7.85. The average Bonchev–Trinajstić information content (AvgIpc) is 2.76. The van der Waals surface area contributed by atoms with E-state index >= 15 is 0 Å². The summed E-state index contributed by atoms with van der Waals surface area (Å²) in [5.41, 5.74) is 0. The van der Waals surface area contributed by atoms with Gasteiger partial charge in [-0.15, -0.1) is 10.2 Å². The summed E-state index contributed by atoms with van der Waals surface area (Å²) in [6.45, 7) is 4.29. The van der Waals surface area contributed by atoms with Gasteiger partial charge in [0.1, 0.15) is 5.01 Å². The first-order valence-electron chi connectivity index (χ1n) is 7.03. The number of carbonyl (C=O) groups is 1. The van der Waals surface area contributed by atoms with E-state index in [1.54, 1.807) is 0 Å². The maximum atomic E-state index is 11.8. The zero-order chi connectivity index (χ0) is 13.7. The van der Waals surface area contributed by atoms with Crippen LogP contribution >= 0.6 is 11.3 Å². The lowest BCUT2D eigenvalue weighted by molar-refractivity contribution is 0.244. The predicted molar refractivity (Wildman–Crippen MR) is 77.5 cm³/mol. The Balaban J connectivity index is 1.79. The SMILES string of the molecule is CC(C)Cc1nnc(NC(=O)NC2CCCCC2)s1. The van der Waals surface area contributed by atoms with Gasteiger partial charge in [-0.2, -0.15) is 0 Å². The van der Waals surface area contributed by atoms with Crippen molar-refractivity contribution in [2.24, 2.45) is 5.92 Å². The molecular formula is C13H22N4OS. The smallest absolute Gasteiger partial charge is 0.321 e. The van der Waals surface area contributed by atoms with Gasteiger partial charge in [-0.05, 0) is 18.8 Å². The Labute approximate surface area is 118 Å². The third-order valence-corrected chi connectivity index (χ3v) is 4.07. The number of nitrogens with zero attached hydrogens (tertiary/aromatic N) is 2. The monoisotopic (exact) mass is 282 g/mol. The van der Waals surface area contributed by atoms with Crippen LogP contribution in [-0.2, 0) is 6.42 Å². The van der Waals surface area contributed by atoms with E-state index in [0.717, 1.165) is 24.3 Å². The van der Waals surface area contributed by atoms with Crippen LogP contribution in [0.5, 0.6) is 0 Å². The second kappa shape index (κ2) is 6.84. The standard InChI is InChI=1S/C13H22N4OS/c1-9(2)8-11-16-17-13(19-11)15-12(18)14-10-6-4-3-5-7-10/h9-10H,3-8H2,1-2H3,(H2,14,15,17,18). The first kappa shape index (κ1) is 14.2. The van der Waals surface area contributed by atoms with E-state index in [0.29, 0.717) is 17.1 Å². The predicted octanol–water partition coefficient (Wildman–Crippen LogP) is 3.19. The van der Waals surface area contributed by atoms with E-state index in [1.807, 2.05) is 0 Å². The summed E-state index contributed by atoms with van der Waals surface area (Å²) in [5, 5.41) is 15.4. The summed E-state index contributed by atoms with van der Waals surface area (Å²) in [6, 6.07) is 0.163. The third kappa shape index (κ3) is 4.78. The number of urea groups is 1. The molecule has 2 amide bonds. The molecule has 1 saturated carbocycles. The van der Waals surface area contributed by atoms with Crippen molar-refractivity contribution >= 4 is 22.5 Å². The zero-order valence-corrected chi connectivity index (χ0v) is 12.4. The van der Waals surface area contributed by atoms with Crippen molar-refractivity contribution in [2.45, 2.75) is 58.4 Å². The fraction of sp³-hybridized carbons (Fsp3) is 0.769. The van der Waals surface area contributed by atoms with Crippen LogP contribution in [0.15, 0.2) is 0 Å². The largest absolute Gasteiger partial charge is 0.335 e. The van der Waals surface area contributed by atoms with Crippen LogP contribution in [0.1, 0.15) is 51.0 Å². The van der Waals surface area contributed by atoms with Gasteiger partial charge < -0.3 is 5.32 Å². The lowest BCUT2D eigenvalue weighted by Crippen LogP contribution is -2.38. The molecule has 1 aliphatic carbocycles. The summed E-state index contributed by atoms with van der Waals surface area (Å²) >= 11 is 1.46. The minimum absolute atomic E-state index is 0.154. The van der Waals surface area contributed by atoms with Crippen molar-refractivity contribution in [1.29, 1.82) is 0 Å². The van der Waals surface area contributed by atoms with Gasteiger partial charge in [-0.25, -0.2) is 4.79 Å². The highest BCUT2D eigenvalue weighted by molar-refractivity contribution is 7.15. The van der Waals surface area contributed by atoms with E-state index in [-0.39, 0.29) is 6.03 Å². The molecule has 0 aromatic carbocycles. The van der Waals surface area contributed by atoms with Gasteiger partial charge in [-0.1, -0.05) is 44.4 Å². The van der Waals surface area contributed by atoms with Crippen LogP contribution in [0.4, 0.5) is 9.93 Å². The average molecular weight is 282 g/mol. The number of amides is 2. The van der Waals surface area contributed by atoms with E-state index in [9.17, 15) is 4.79 Å².